The number of likely N-dealkylation sites (tertiary alicyclic amines) is 1. The molecule has 104 valence electrons. The summed E-state index contributed by atoms with van der Waals surface area (Å²) in [5.74, 6) is -0.184. The molecular formula is C15H21FN2O. The summed E-state index contributed by atoms with van der Waals surface area (Å²) >= 11 is 0. The number of rotatable bonds is 3. The molecule has 1 amide bonds. The van der Waals surface area contributed by atoms with E-state index >= 15 is 0 Å². The number of halogens is 1. The van der Waals surface area contributed by atoms with Crippen LogP contribution in [0.2, 0.25) is 0 Å². The Morgan fingerprint density at radius 2 is 2.11 bits per heavy atom. The maximum absolute atomic E-state index is 12.8. The van der Waals surface area contributed by atoms with Gasteiger partial charge in [-0.1, -0.05) is 12.1 Å². The van der Waals surface area contributed by atoms with Gasteiger partial charge < -0.3 is 10.6 Å². The minimum atomic E-state index is -0.275. The lowest BCUT2D eigenvalue weighted by Gasteiger charge is -2.38. The van der Waals surface area contributed by atoms with Crippen LogP contribution in [0, 0.1) is 5.82 Å². The molecule has 4 heteroatoms. The first-order valence-electron chi connectivity index (χ1n) is 6.87. The number of carbonyl (C=O) groups excluding carboxylic acids is 1. The highest BCUT2D eigenvalue weighted by molar-refractivity contribution is 5.79. The van der Waals surface area contributed by atoms with E-state index in [4.69, 9.17) is 5.73 Å². The molecule has 2 atom stereocenters. The second kappa shape index (κ2) is 6.15. The quantitative estimate of drug-likeness (QED) is 0.908. The normalized spacial score (nSPS) is 21.2. The average molecular weight is 264 g/mol. The van der Waals surface area contributed by atoms with E-state index in [-0.39, 0.29) is 23.8 Å². The van der Waals surface area contributed by atoms with Crippen molar-refractivity contribution in [1.29, 1.82) is 0 Å². The van der Waals surface area contributed by atoms with E-state index in [9.17, 15) is 9.18 Å². The molecule has 2 unspecified atom stereocenters. The van der Waals surface area contributed by atoms with Crippen LogP contribution in [0.3, 0.4) is 0 Å². The van der Waals surface area contributed by atoms with Gasteiger partial charge in [-0.25, -0.2) is 4.39 Å². The van der Waals surface area contributed by atoms with E-state index in [1.165, 1.54) is 12.1 Å². The van der Waals surface area contributed by atoms with Crippen LogP contribution in [0.5, 0.6) is 0 Å². The van der Waals surface area contributed by atoms with Crippen molar-refractivity contribution in [3.8, 4) is 0 Å². The van der Waals surface area contributed by atoms with Crippen molar-refractivity contribution in [2.24, 2.45) is 5.73 Å². The summed E-state index contributed by atoms with van der Waals surface area (Å²) in [6.07, 6.45) is 3.47. The van der Waals surface area contributed by atoms with Crippen LogP contribution < -0.4 is 5.73 Å². The lowest BCUT2D eigenvalue weighted by atomic mass is 9.96. The number of hydrogen-bond acceptors (Lipinski definition) is 2. The van der Waals surface area contributed by atoms with Crippen LogP contribution in [-0.4, -0.2) is 29.4 Å². The third-order valence-electron chi connectivity index (χ3n) is 3.75. The molecule has 1 aromatic carbocycles. The largest absolute Gasteiger partial charge is 0.338 e. The summed E-state index contributed by atoms with van der Waals surface area (Å²) in [7, 11) is 0. The van der Waals surface area contributed by atoms with E-state index in [0.717, 1.165) is 31.4 Å². The molecule has 2 N–H and O–H groups in total. The van der Waals surface area contributed by atoms with Gasteiger partial charge in [0.25, 0.3) is 0 Å². The van der Waals surface area contributed by atoms with Crippen LogP contribution in [0.15, 0.2) is 24.3 Å². The van der Waals surface area contributed by atoms with E-state index in [1.54, 1.807) is 12.1 Å². The Hall–Kier alpha value is -1.42. The number of nitrogens with two attached hydrogens (primary N) is 1. The second-order valence-electron chi connectivity index (χ2n) is 5.31. The summed E-state index contributed by atoms with van der Waals surface area (Å²) in [5.41, 5.74) is 6.81. The van der Waals surface area contributed by atoms with Gasteiger partial charge in [0.05, 0.1) is 6.42 Å². The molecule has 0 spiro atoms. The highest BCUT2D eigenvalue weighted by Crippen LogP contribution is 2.20. The minimum Gasteiger partial charge on any atom is -0.338 e. The molecule has 0 saturated carbocycles. The fourth-order valence-corrected chi connectivity index (χ4v) is 2.69. The smallest absolute Gasteiger partial charge is 0.227 e. The van der Waals surface area contributed by atoms with Crippen molar-refractivity contribution in [3.63, 3.8) is 0 Å². The van der Waals surface area contributed by atoms with Crippen molar-refractivity contribution >= 4 is 5.91 Å². The van der Waals surface area contributed by atoms with Crippen molar-refractivity contribution in [2.45, 2.75) is 44.7 Å². The van der Waals surface area contributed by atoms with Crippen molar-refractivity contribution < 1.29 is 9.18 Å². The molecule has 19 heavy (non-hydrogen) atoms. The molecule has 3 nitrogen and oxygen atoms in total. The number of carbonyl (C=O) groups is 1. The fraction of sp³-hybridized carbons (Fsp3) is 0.533. The number of hydrogen-bond donors (Lipinski definition) is 1. The maximum Gasteiger partial charge on any atom is 0.227 e. The number of piperidine rings is 1. The van der Waals surface area contributed by atoms with Crippen molar-refractivity contribution in [2.75, 3.05) is 6.54 Å². The van der Waals surface area contributed by atoms with E-state index < -0.39 is 0 Å². The molecule has 0 bridgehead atoms. The average Bonchev–Trinajstić information content (AvgIpc) is 2.41. The molecule has 2 rings (SSSR count). The van der Waals surface area contributed by atoms with Gasteiger partial charge in [-0.05, 0) is 43.9 Å². The molecule has 1 heterocycles. The van der Waals surface area contributed by atoms with Gasteiger partial charge in [0.2, 0.25) is 5.91 Å². The molecule has 1 aliphatic heterocycles. The number of amides is 1. The lowest BCUT2D eigenvalue weighted by molar-refractivity contribution is -0.134. The number of benzene rings is 1. The van der Waals surface area contributed by atoms with Crippen molar-refractivity contribution in [1.82, 2.24) is 4.90 Å². The standard InChI is InChI=1S/C15H21FN2O/c1-11(17)14-4-2-3-9-18(14)15(19)10-12-5-7-13(16)8-6-12/h5-8,11,14H,2-4,9-10,17H2,1H3. The van der Waals surface area contributed by atoms with Gasteiger partial charge in [0, 0.05) is 18.6 Å². The predicted molar refractivity (Wildman–Crippen MR) is 73.1 cm³/mol. The third kappa shape index (κ3) is 3.53. The predicted octanol–water partition coefficient (Wildman–Crippen LogP) is 2.10. The SMILES string of the molecule is CC(N)C1CCCCN1C(=O)Cc1ccc(F)cc1. The summed E-state index contributed by atoms with van der Waals surface area (Å²) < 4.78 is 12.8. The summed E-state index contributed by atoms with van der Waals surface area (Å²) in [5, 5.41) is 0. The van der Waals surface area contributed by atoms with E-state index in [1.807, 2.05) is 11.8 Å². The maximum atomic E-state index is 12.8. The molecule has 1 fully saturated rings. The Morgan fingerprint density at radius 1 is 1.42 bits per heavy atom. The van der Waals surface area contributed by atoms with E-state index in [0.29, 0.717) is 6.42 Å². The molecule has 1 aromatic rings. The lowest BCUT2D eigenvalue weighted by Crippen LogP contribution is -2.52. The fourth-order valence-electron chi connectivity index (χ4n) is 2.69. The van der Waals surface area contributed by atoms with Gasteiger partial charge in [-0.2, -0.15) is 0 Å². The summed E-state index contributed by atoms with van der Waals surface area (Å²) in [4.78, 5) is 14.2. The molecule has 1 saturated heterocycles. The Morgan fingerprint density at radius 3 is 2.74 bits per heavy atom. The molecule has 1 aliphatic rings. The molecule has 0 aromatic heterocycles. The minimum absolute atomic E-state index is 0.00234. The first-order chi connectivity index (χ1) is 9.08. The zero-order chi connectivity index (χ0) is 13.8. The summed E-state index contributed by atoms with van der Waals surface area (Å²) in [6, 6.07) is 6.25. The molecule has 0 radical (unpaired) electrons. The zero-order valence-corrected chi connectivity index (χ0v) is 11.3. The zero-order valence-electron chi connectivity index (χ0n) is 11.3. The Balaban J connectivity index is 2.03. The highest BCUT2D eigenvalue weighted by Gasteiger charge is 2.28. The first kappa shape index (κ1) is 14.0. The van der Waals surface area contributed by atoms with Gasteiger partial charge in [0.1, 0.15) is 5.82 Å². The Kier molecular flexibility index (Phi) is 4.53. The Bertz CT molecular complexity index is 430. The van der Waals surface area contributed by atoms with Crippen LogP contribution in [0.4, 0.5) is 4.39 Å². The van der Waals surface area contributed by atoms with Gasteiger partial charge in [-0.3, -0.25) is 4.79 Å². The number of nitrogens with zero attached hydrogens (tertiary/aromatic N) is 1. The van der Waals surface area contributed by atoms with E-state index in [2.05, 4.69) is 0 Å². The second-order valence-corrected chi connectivity index (χ2v) is 5.31. The van der Waals surface area contributed by atoms with Gasteiger partial charge in [-0.15, -0.1) is 0 Å². The van der Waals surface area contributed by atoms with Crippen LogP contribution in [0.1, 0.15) is 31.7 Å². The third-order valence-corrected chi connectivity index (χ3v) is 3.75. The topological polar surface area (TPSA) is 46.3 Å². The first-order valence-corrected chi connectivity index (χ1v) is 6.87. The monoisotopic (exact) mass is 264 g/mol. The highest BCUT2D eigenvalue weighted by atomic mass is 19.1. The summed E-state index contributed by atoms with van der Waals surface area (Å²) in [6.45, 7) is 2.74. The van der Waals surface area contributed by atoms with Gasteiger partial charge >= 0.3 is 0 Å². The molecular weight excluding hydrogens is 243 g/mol. The van der Waals surface area contributed by atoms with Crippen LogP contribution >= 0.6 is 0 Å². The van der Waals surface area contributed by atoms with Crippen LogP contribution in [-0.2, 0) is 11.2 Å². The van der Waals surface area contributed by atoms with Crippen molar-refractivity contribution in [3.05, 3.63) is 35.6 Å². The van der Waals surface area contributed by atoms with Crippen LogP contribution in [0.25, 0.3) is 0 Å². The Labute approximate surface area is 113 Å². The molecule has 0 aliphatic carbocycles. The van der Waals surface area contributed by atoms with Gasteiger partial charge in [0.15, 0.2) is 0 Å².